The van der Waals surface area contributed by atoms with Gasteiger partial charge in [-0.15, -0.1) is 0 Å². The number of fused-ring (bicyclic) bond motifs is 1. The molecule has 3 aromatic rings. The molecule has 1 N–H and O–H groups in total. The van der Waals surface area contributed by atoms with Crippen LogP contribution in [0.25, 0.3) is 16.6 Å². The van der Waals surface area contributed by atoms with Crippen molar-refractivity contribution in [1.29, 1.82) is 0 Å². The second-order valence-electron chi connectivity index (χ2n) is 6.65. The highest BCUT2D eigenvalue weighted by molar-refractivity contribution is 5.74. The van der Waals surface area contributed by atoms with E-state index in [1.54, 1.807) is 18.3 Å². The molecule has 5 nitrogen and oxygen atoms in total. The zero-order chi connectivity index (χ0) is 21.3. The van der Waals surface area contributed by atoms with E-state index in [9.17, 15) is 9.18 Å². The highest BCUT2D eigenvalue weighted by Gasteiger charge is 2.15. The number of H-pyrrole nitrogens is 1. The average molecular weight is 367 g/mol. The molecule has 0 saturated heterocycles. The number of hydrogen-bond donors (Lipinski definition) is 1. The van der Waals surface area contributed by atoms with Crippen LogP contribution in [-0.2, 0) is 13.0 Å². The van der Waals surface area contributed by atoms with Gasteiger partial charge >= 0.3 is 0 Å². The Morgan fingerprint density at radius 3 is 2.96 bits per heavy atom. The van der Waals surface area contributed by atoms with Gasteiger partial charge in [-0.3, -0.25) is 19.7 Å². The first-order valence-corrected chi connectivity index (χ1v) is 8.81. The van der Waals surface area contributed by atoms with Crippen LogP contribution in [0.2, 0.25) is 0 Å². The summed E-state index contributed by atoms with van der Waals surface area (Å²) in [6.07, 6.45) is 5.61. The van der Waals surface area contributed by atoms with Crippen molar-refractivity contribution in [3.8, 4) is 0 Å². The maximum Gasteiger partial charge on any atom is 0.251 e. The Bertz CT molecular complexity index is 1160. The normalized spacial score (nSPS) is 17.2. The number of rotatable bonds is 4. The van der Waals surface area contributed by atoms with E-state index < -0.39 is 12.4 Å². The van der Waals surface area contributed by atoms with Gasteiger partial charge in [0.05, 0.1) is 22.9 Å². The summed E-state index contributed by atoms with van der Waals surface area (Å²) in [6.45, 7) is 0.0325. The second-order valence-corrected chi connectivity index (χ2v) is 6.65. The second kappa shape index (κ2) is 7.40. The van der Waals surface area contributed by atoms with Crippen LogP contribution >= 0.6 is 0 Å². The Hall–Kier alpha value is -2.86. The molecule has 0 aromatic carbocycles. The van der Waals surface area contributed by atoms with Crippen molar-refractivity contribution in [3.05, 3.63) is 75.7 Å². The Morgan fingerprint density at radius 2 is 2.22 bits per heavy atom. The van der Waals surface area contributed by atoms with Crippen LogP contribution in [0.15, 0.2) is 47.5 Å². The third kappa shape index (κ3) is 3.80. The minimum Gasteiger partial charge on any atom is -0.320 e. The summed E-state index contributed by atoms with van der Waals surface area (Å²) in [4.78, 5) is 25.8. The van der Waals surface area contributed by atoms with Crippen LogP contribution in [0.5, 0.6) is 0 Å². The van der Waals surface area contributed by atoms with E-state index >= 15 is 0 Å². The number of pyridine rings is 3. The molecular formula is C21H21FN4O. The van der Waals surface area contributed by atoms with E-state index in [1.807, 2.05) is 6.07 Å². The Kier molecular flexibility index (Phi) is 3.90. The Balaban J connectivity index is 1.47. The van der Waals surface area contributed by atoms with Gasteiger partial charge in [-0.25, -0.2) is 4.39 Å². The van der Waals surface area contributed by atoms with Crippen molar-refractivity contribution in [2.45, 2.75) is 26.2 Å². The van der Waals surface area contributed by atoms with Gasteiger partial charge in [0.1, 0.15) is 5.82 Å². The van der Waals surface area contributed by atoms with E-state index in [1.165, 1.54) is 12.3 Å². The summed E-state index contributed by atoms with van der Waals surface area (Å²) in [5, 5.41) is 0. The van der Waals surface area contributed by atoms with E-state index in [-0.39, 0.29) is 17.8 Å². The highest BCUT2D eigenvalue weighted by atomic mass is 19.1. The van der Waals surface area contributed by atoms with Crippen LogP contribution in [0.3, 0.4) is 0 Å². The molecule has 0 unspecified atom stereocenters. The summed E-state index contributed by atoms with van der Waals surface area (Å²) < 4.78 is 35.1. The van der Waals surface area contributed by atoms with E-state index in [2.05, 4.69) is 25.9 Å². The van der Waals surface area contributed by atoms with Crippen molar-refractivity contribution in [1.82, 2.24) is 19.9 Å². The lowest BCUT2D eigenvalue weighted by Gasteiger charge is -2.26. The molecule has 0 radical (unpaired) electrons. The van der Waals surface area contributed by atoms with Gasteiger partial charge in [0.2, 0.25) is 0 Å². The molecule has 6 heteroatoms. The number of aromatic nitrogens is 3. The third-order valence-electron chi connectivity index (χ3n) is 4.77. The molecular weight excluding hydrogens is 343 g/mol. The van der Waals surface area contributed by atoms with E-state index in [4.69, 9.17) is 4.11 Å². The Labute approximate surface area is 160 Å². The molecule has 0 saturated carbocycles. The van der Waals surface area contributed by atoms with E-state index in [0.717, 1.165) is 36.3 Å². The monoisotopic (exact) mass is 367 g/mol. The van der Waals surface area contributed by atoms with Gasteiger partial charge in [0.15, 0.2) is 0 Å². The molecule has 1 aliphatic rings. The number of nitrogens with one attached hydrogen (secondary N) is 1. The van der Waals surface area contributed by atoms with Gasteiger partial charge in [0, 0.05) is 35.5 Å². The molecule has 27 heavy (non-hydrogen) atoms. The lowest BCUT2D eigenvalue weighted by molar-refractivity contribution is 0.293. The van der Waals surface area contributed by atoms with Crippen LogP contribution in [0.4, 0.5) is 4.39 Å². The lowest BCUT2D eigenvalue weighted by Crippen LogP contribution is -2.28. The van der Waals surface area contributed by atoms with Gasteiger partial charge < -0.3 is 4.98 Å². The molecule has 0 fully saturated rings. The predicted octanol–water partition coefficient (Wildman–Crippen LogP) is 3.31. The molecule has 1 aliphatic heterocycles. The van der Waals surface area contributed by atoms with Gasteiger partial charge in [-0.2, -0.15) is 0 Å². The number of hydrogen-bond acceptors (Lipinski definition) is 4. The molecule has 138 valence electrons. The predicted molar refractivity (Wildman–Crippen MR) is 104 cm³/mol. The third-order valence-corrected chi connectivity index (χ3v) is 4.77. The van der Waals surface area contributed by atoms with Gasteiger partial charge in [0.25, 0.3) is 5.56 Å². The van der Waals surface area contributed by atoms with E-state index in [0.29, 0.717) is 17.6 Å². The van der Waals surface area contributed by atoms with Crippen molar-refractivity contribution < 1.29 is 8.50 Å². The number of aromatic amines is 1. The summed E-state index contributed by atoms with van der Waals surface area (Å²) in [7, 11) is 0. The summed E-state index contributed by atoms with van der Waals surface area (Å²) in [5.41, 5.74) is 3.85. The molecule has 0 spiro atoms. The highest BCUT2D eigenvalue weighted by Crippen LogP contribution is 2.22. The first kappa shape index (κ1) is 14.2. The molecule has 4 heterocycles. The summed E-state index contributed by atoms with van der Waals surface area (Å²) >= 11 is 0. The van der Waals surface area contributed by atoms with Gasteiger partial charge in [-0.1, -0.05) is 12.9 Å². The molecule has 0 atom stereocenters. The summed E-state index contributed by atoms with van der Waals surface area (Å²) in [5.74, 6) is -0.343. The van der Waals surface area contributed by atoms with Crippen LogP contribution < -0.4 is 5.56 Å². The minimum atomic E-state index is -2.20. The summed E-state index contributed by atoms with van der Waals surface area (Å²) in [6, 6.07) is 6.54. The number of nitrogens with zero attached hydrogens (tertiary/aromatic N) is 3. The maximum absolute atomic E-state index is 13.0. The zero-order valence-corrected chi connectivity index (χ0v) is 14.7. The van der Waals surface area contributed by atoms with Crippen LogP contribution in [0, 0.1) is 5.82 Å². The smallest absolute Gasteiger partial charge is 0.251 e. The fourth-order valence-electron chi connectivity index (χ4n) is 3.30. The Morgan fingerprint density at radius 1 is 1.30 bits per heavy atom. The van der Waals surface area contributed by atoms with Crippen molar-refractivity contribution in [2.75, 3.05) is 13.1 Å². The standard InChI is InChI=1S/C21H21FN4O/c1-2-15-10-19-20(25-21(15)27)9-14(11-23-19)13-26-7-5-16(6-8-26)18-4-3-17(22)12-24-18/h3-5,9-12H,2,6-8,13H2,1H3,(H,25,27)/i1D3. The topological polar surface area (TPSA) is 61.9 Å². The maximum atomic E-state index is 13.0. The quantitative estimate of drug-likeness (QED) is 0.769. The lowest BCUT2D eigenvalue weighted by atomic mass is 10.0. The van der Waals surface area contributed by atoms with Crippen LogP contribution in [-0.4, -0.2) is 32.9 Å². The largest absolute Gasteiger partial charge is 0.320 e. The molecule has 0 aliphatic carbocycles. The fraction of sp³-hybridized carbons (Fsp3) is 0.286. The number of halogens is 1. The minimum absolute atomic E-state index is 0.214. The van der Waals surface area contributed by atoms with Crippen molar-refractivity contribution in [2.24, 2.45) is 0 Å². The van der Waals surface area contributed by atoms with Crippen molar-refractivity contribution in [3.63, 3.8) is 0 Å². The SMILES string of the molecule is [2H]C([2H])([2H])Cc1cc2ncc(CN3CC=C(c4ccc(F)cn4)CC3)cc2[nH]c1=O. The molecule has 4 rings (SSSR count). The van der Waals surface area contributed by atoms with Gasteiger partial charge in [-0.05, 0) is 48.2 Å². The first-order valence-electron chi connectivity index (χ1n) is 10.3. The molecule has 0 bridgehead atoms. The molecule has 3 aromatic heterocycles. The van der Waals surface area contributed by atoms with Crippen LogP contribution in [0.1, 0.15) is 34.2 Å². The van der Waals surface area contributed by atoms with Crippen molar-refractivity contribution >= 4 is 16.6 Å². The fourth-order valence-corrected chi connectivity index (χ4v) is 3.30. The average Bonchev–Trinajstić information content (AvgIpc) is 2.69. The molecule has 0 amide bonds. The number of aryl methyl sites for hydroxylation is 1. The first-order chi connectivity index (χ1) is 14.3. The zero-order valence-electron chi connectivity index (χ0n) is 17.7.